The Morgan fingerprint density at radius 2 is 1.64 bits per heavy atom. The van der Waals surface area contributed by atoms with E-state index in [9.17, 15) is 9.59 Å². The number of anilines is 2. The van der Waals surface area contributed by atoms with Gasteiger partial charge in [0.15, 0.2) is 0 Å². The fourth-order valence-corrected chi connectivity index (χ4v) is 2.97. The van der Waals surface area contributed by atoms with E-state index in [1.807, 2.05) is 60.4 Å². The molecule has 130 valence electrons. The molecule has 1 fully saturated rings. The molecule has 5 nitrogen and oxygen atoms in total. The summed E-state index contributed by atoms with van der Waals surface area (Å²) in [6, 6.07) is 15.4. The Hall–Kier alpha value is -2.82. The Morgan fingerprint density at radius 1 is 0.960 bits per heavy atom. The summed E-state index contributed by atoms with van der Waals surface area (Å²) < 4.78 is 0. The van der Waals surface area contributed by atoms with Gasteiger partial charge in [-0.05, 0) is 37.3 Å². The van der Waals surface area contributed by atoms with Crippen LogP contribution in [-0.2, 0) is 4.79 Å². The summed E-state index contributed by atoms with van der Waals surface area (Å²) in [5.41, 5.74) is 3.61. The highest BCUT2D eigenvalue weighted by atomic mass is 16.2. The molecule has 5 heteroatoms. The highest BCUT2D eigenvalue weighted by Gasteiger charge is 2.19. The van der Waals surface area contributed by atoms with Crippen LogP contribution in [-0.4, -0.2) is 42.9 Å². The van der Waals surface area contributed by atoms with Crippen LogP contribution in [0.5, 0.6) is 0 Å². The lowest BCUT2D eigenvalue weighted by Crippen LogP contribution is -2.48. The molecule has 0 bridgehead atoms. The van der Waals surface area contributed by atoms with Gasteiger partial charge in [0.2, 0.25) is 5.91 Å². The molecule has 1 aliphatic rings. The highest BCUT2D eigenvalue weighted by Crippen LogP contribution is 2.21. The van der Waals surface area contributed by atoms with Crippen molar-refractivity contribution in [2.24, 2.45) is 0 Å². The van der Waals surface area contributed by atoms with Crippen molar-refractivity contribution in [2.45, 2.75) is 13.8 Å². The van der Waals surface area contributed by atoms with E-state index in [1.165, 1.54) is 0 Å². The molecule has 3 rings (SSSR count). The fraction of sp³-hybridized carbons (Fsp3) is 0.300. The smallest absolute Gasteiger partial charge is 0.255 e. The first-order chi connectivity index (χ1) is 12.0. The van der Waals surface area contributed by atoms with Crippen LogP contribution >= 0.6 is 0 Å². The van der Waals surface area contributed by atoms with Crippen LogP contribution in [0.15, 0.2) is 48.5 Å². The first kappa shape index (κ1) is 17.0. The summed E-state index contributed by atoms with van der Waals surface area (Å²) in [4.78, 5) is 27.9. The molecular formula is C20H23N3O2. The number of benzene rings is 2. The monoisotopic (exact) mass is 337 g/mol. The van der Waals surface area contributed by atoms with Crippen molar-refractivity contribution in [3.05, 3.63) is 59.7 Å². The fourth-order valence-electron chi connectivity index (χ4n) is 2.97. The van der Waals surface area contributed by atoms with Crippen LogP contribution in [0.2, 0.25) is 0 Å². The van der Waals surface area contributed by atoms with Gasteiger partial charge >= 0.3 is 0 Å². The number of hydrogen-bond donors (Lipinski definition) is 1. The Morgan fingerprint density at radius 3 is 2.28 bits per heavy atom. The second-order valence-electron chi connectivity index (χ2n) is 6.36. The standard InChI is InChI=1S/C20H23N3O2/c1-15-6-8-17(9-7-15)20(25)21-18-4-3-5-19(14-18)23-12-10-22(11-13-23)16(2)24/h3-9,14H,10-13H2,1-2H3,(H,21,25). The lowest BCUT2D eigenvalue weighted by molar-refractivity contribution is -0.129. The Bertz CT molecular complexity index is 763. The quantitative estimate of drug-likeness (QED) is 0.937. The summed E-state index contributed by atoms with van der Waals surface area (Å²) in [7, 11) is 0. The number of aryl methyl sites for hydroxylation is 1. The van der Waals surface area contributed by atoms with Crippen molar-refractivity contribution in [1.29, 1.82) is 0 Å². The van der Waals surface area contributed by atoms with Crippen molar-refractivity contribution in [2.75, 3.05) is 36.4 Å². The lowest BCUT2D eigenvalue weighted by atomic mass is 10.1. The van der Waals surface area contributed by atoms with Crippen LogP contribution in [0.25, 0.3) is 0 Å². The number of carbonyl (C=O) groups is 2. The van der Waals surface area contributed by atoms with Gasteiger partial charge in [0.05, 0.1) is 0 Å². The molecule has 0 spiro atoms. The minimum absolute atomic E-state index is 0.112. The molecule has 2 amide bonds. The van der Waals surface area contributed by atoms with E-state index in [0.29, 0.717) is 5.56 Å². The number of nitrogens with zero attached hydrogens (tertiary/aromatic N) is 2. The van der Waals surface area contributed by atoms with Crippen molar-refractivity contribution in [3.63, 3.8) is 0 Å². The van der Waals surface area contributed by atoms with Crippen LogP contribution < -0.4 is 10.2 Å². The zero-order valence-corrected chi connectivity index (χ0v) is 14.7. The SMILES string of the molecule is CC(=O)N1CCN(c2cccc(NC(=O)c3ccc(C)cc3)c2)CC1. The van der Waals surface area contributed by atoms with Crippen molar-refractivity contribution >= 4 is 23.2 Å². The Balaban J connectivity index is 1.66. The molecule has 1 N–H and O–H groups in total. The van der Waals surface area contributed by atoms with Gasteiger partial charge < -0.3 is 15.1 Å². The lowest BCUT2D eigenvalue weighted by Gasteiger charge is -2.35. The molecular weight excluding hydrogens is 314 g/mol. The number of amides is 2. The zero-order valence-electron chi connectivity index (χ0n) is 14.7. The Kier molecular flexibility index (Phi) is 5.03. The molecule has 0 aliphatic carbocycles. The first-order valence-corrected chi connectivity index (χ1v) is 8.51. The van der Waals surface area contributed by atoms with Gasteiger partial charge in [-0.15, -0.1) is 0 Å². The number of rotatable bonds is 3. The molecule has 0 atom stereocenters. The van der Waals surface area contributed by atoms with E-state index in [2.05, 4.69) is 10.2 Å². The molecule has 2 aromatic rings. The van der Waals surface area contributed by atoms with E-state index in [0.717, 1.165) is 43.1 Å². The molecule has 0 saturated carbocycles. The minimum Gasteiger partial charge on any atom is -0.368 e. The average molecular weight is 337 g/mol. The van der Waals surface area contributed by atoms with E-state index in [1.54, 1.807) is 6.92 Å². The zero-order chi connectivity index (χ0) is 17.8. The maximum atomic E-state index is 12.4. The van der Waals surface area contributed by atoms with Gasteiger partial charge in [-0.3, -0.25) is 9.59 Å². The number of hydrogen-bond acceptors (Lipinski definition) is 3. The molecule has 1 aliphatic heterocycles. The van der Waals surface area contributed by atoms with Crippen LogP contribution in [0.4, 0.5) is 11.4 Å². The largest absolute Gasteiger partial charge is 0.368 e. The van der Waals surface area contributed by atoms with Gasteiger partial charge in [-0.2, -0.15) is 0 Å². The maximum absolute atomic E-state index is 12.4. The second kappa shape index (κ2) is 7.38. The molecule has 1 saturated heterocycles. The van der Waals surface area contributed by atoms with Gasteiger partial charge in [-0.25, -0.2) is 0 Å². The third kappa shape index (κ3) is 4.18. The minimum atomic E-state index is -0.112. The molecule has 2 aromatic carbocycles. The normalized spacial score (nSPS) is 14.3. The number of carbonyl (C=O) groups excluding carboxylic acids is 2. The average Bonchev–Trinajstić information content (AvgIpc) is 2.62. The van der Waals surface area contributed by atoms with E-state index in [-0.39, 0.29) is 11.8 Å². The first-order valence-electron chi connectivity index (χ1n) is 8.51. The summed E-state index contributed by atoms with van der Waals surface area (Å²) >= 11 is 0. The van der Waals surface area contributed by atoms with E-state index in [4.69, 9.17) is 0 Å². The van der Waals surface area contributed by atoms with E-state index < -0.39 is 0 Å². The van der Waals surface area contributed by atoms with Crippen LogP contribution in [0.3, 0.4) is 0 Å². The maximum Gasteiger partial charge on any atom is 0.255 e. The molecule has 0 unspecified atom stereocenters. The van der Waals surface area contributed by atoms with Gasteiger partial charge in [0.1, 0.15) is 0 Å². The van der Waals surface area contributed by atoms with Crippen molar-refractivity contribution in [1.82, 2.24) is 4.90 Å². The van der Waals surface area contributed by atoms with Gasteiger partial charge in [0.25, 0.3) is 5.91 Å². The third-order valence-electron chi connectivity index (χ3n) is 4.51. The predicted molar refractivity (Wildman–Crippen MR) is 100 cm³/mol. The summed E-state index contributed by atoms with van der Waals surface area (Å²) in [5, 5.41) is 2.95. The molecule has 25 heavy (non-hydrogen) atoms. The number of nitrogens with one attached hydrogen (secondary N) is 1. The van der Waals surface area contributed by atoms with Crippen LogP contribution in [0.1, 0.15) is 22.8 Å². The van der Waals surface area contributed by atoms with E-state index >= 15 is 0 Å². The van der Waals surface area contributed by atoms with Crippen molar-refractivity contribution in [3.8, 4) is 0 Å². The van der Waals surface area contributed by atoms with Gasteiger partial charge in [-0.1, -0.05) is 23.8 Å². The summed E-state index contributed by atoms with van der Waals surface area (Å²) in [6.07, 6.45) is 0. The topological polar surface area (TPSA) is 52.7 Å². The van der Waals surface area contributed by atoms with Gasteiger partial charge in [0, 0.05) is 50.0 Å². The van der Waals surface area contributed by atoms with Crippen LogP contribution in [0, 0.1) is 6.92 Å². The molecule has 0 aromatic heterocycles. The predicted octanol–water partition coefficient (Wildman–Crippen LogP) is 2.92. The summed E-state index contributed by atoms with van der Waals surface area (Å²) in [5.74, 6) is 0.0114. The summed E-state index contributed by atoms with van der Waals surface area (Å²) in [6.45, 7) is 6.67. The Labute approximate surface area is 148 Å². The van der Waals surface area contributed by atoms with Crippen molar-refractivity contribution < 1.29 is 9.59 Å². The molecule has 0 radical (unpaired) electrons. The highest BCUT2D eigenvalue weighted by molar-refractivity contribution is 6.04. The molecule has 1 heterocycles. The third-order valence-corrected chi connectivity index (χ3v) is 4.51. The number of piperazine rings is 1. The second-order valence-corrected chi connectivity index (χ2v) is 6.36.